The lowest BCUT2D eigenvalue weighted by Gasteiger charge is -2.34. The van der Waals surface area contributed by atoms with Gasteiger partial charge < -0.3 is 10.2 Å². The molecule has 4 rings (SSSR count). The summed E-state index contributed by atoms with van der Waals surface area (Å²) in [6, 6.07) is 27.8. The van der Waals surface area contributed by atoms with Crippen LogP contribution in [-0.4, -0.2) is 43.8 Å². The molecule has 0 aromatic heterocycles. The topological polar surface area (TPSA) is 86.8 Å². The first-order valence-corrected chi connectivity index (χ1v) is 17.4. The molecule has 4 aromatic rings. The number of anilines is 1. The lowest BCUT2D eigenvalue weighted by Crippen LogP contribution is -2.54. The highest BCUT2D eigenvalue weighted by molar-refractivity contribution is 9.10. The molecule has 2 atom stereocenters. The molecule has 45 heavy (non-hydrogen) atoms. The zero-order valence-electron chi connectivity index (χ0n) is 24.9. The molecule has 0 saturated carbocycles. The molecule has 11 heteroatoms. The molecule has 2 amide bonds. The highest BCUT2D eigenvalue weighted by Crippen LogP contribution is 2.28. The van der Waals surface area contributed by atoms with E-state index in [9.17, 15) is 18.0 Å². The molecule has 0 aliphatic carbocycles. The van der Waals surface area contributed by atoms with Crippen LogP contribution in [0.15, 0.2) is 112 Å². The van der Waals surface area contributed by atoms with Gasteiger partial charge in [-0.2, -0.15) is 0 Å². The number of carbonyl (C=O) groups is 2. The van der Waals surface area contributed by atoms with Crippen LogP contribution < -0.4 is 9.62 Å². The fourth-order valence-corrected chi connectivity index (χ4v) is 6.88. The van der Waals surface area contributed by atoms with E-state index in [1.54, 1.807) is 18.2 Å². The van der Waals surface area contributed by atoms with Gasteiger partial charge in [-0.3, -0.25) is 13.9 Å². The quantitative estimate of drug-likeness (QED) is 0.154. The van der Waals surface area contributed by atoms with E-state index in [-0.39, 0.29) is 35.5 Å². The Morgan fingerprint density at radius 2 is 1.51 bits per heavy atom. The number of hydrogen-bond donors (Lipinski definition) is 1. The zero-order valence-corrected chi connectivity index (χ0v) is 28.8. The Balaban J connectivity index is 1.81. The lowest BCUT2D eigenvalue weighted by atomic mass is 10.0. The van der Waals surface area contributed by atoms with Crippen LogP contribution in [0.2, 0.25) is 10.0 Å². The van der Waals surface area contributed by atoms with E-state index in [0.29, 0.717) is 16.5 Å². The third-order valence-corrected chi connectivity index (χ3v) is 10.1. The summed E-state index contributed by atoms with van der Waals surface area (Å²) < 4.78 is 30.0. The van der Waals surface area contributed by atoms with E-state index in [1.807, 2.05) is 68.4 Å². The summed E-state index contributed by atoms with van der Waals surface area (Å²) in [6.07, 6.45) is 0.926. The van der Waals surface area contributed by atoms with Crippen molar-refractivity contribution in [1.82, 2.24) is 10.2 Å². The first-order valence-electron chi connectivity index (χ1n) is 14.4. The molecule has 1 N–H and O–H groups in total. The molecule has 0 bridgehead atoms. The van der Waals surface area contributed by atoms with Gasteiger partial charge in [0.05, 0.1) is 10.6 Å². The molecule has 4 aromatic carbocycles. The second-order valence-electron chi connectivity index (χ2n) is 10.6. The molecule has 7 nitrogen and oxygen atoms in total. The molecule has 0 unspecified atom stereocenters. The van der Waals surface area contributed by atoms with Crippen molar-refractivity contribution in [3.8, 4) is 0 Å². The normalized spacial score (nSPS) is 12.6. The van der Waals surface area contributed by atoms with Crippen molar-refractivity contribution in [2.24, 2.45) is 0 Å². The van der Waals surface area contributed by atoms with Crippen molar-refractivity contribution in [2.75, 3.05) is 10.8 Å². The minimum Gasteiger partial charge on any atom is -0.352 e. The van der Waals surface area contributed by atoms with Crippen molar-refractivity contribution in [2.45, 2.75) is 50.2 Å². The van der Waals surface area contributed by atoms with Crippen LogP contribution in [0.25, 0.3) is 0 Å². The molecule has 0 spiro atoms. The van der Waals surface area contributed by atoms with Crippen LogP contribution in [0, 0.1) is 0 Å². The zero-order chi connectivity index (χ0) is 32.6. The Kier molecular flexibility index (Phi) is 12.1. The first-order chi connectivity index (χ1) is 21.5. The van der Waals surface area contributed by atoms with Gasteiger partial charge in [-0.25, -0.2) is 8.42 Å². The summed E-state index contributed by atoms with van der Waals surface area (Å²) in [5, 5.41) is 3.71. The van der Waals surface area contributed by atoms with Gasteiger partial charge in [0.15, 0.2) is 0 Å². The molecule has 0 radical (unpaired) electrons. The highest BCUT2D eigenvalue weighted by atomic mass is 79.9. The standard InChI is InChI=1S/C34H34BrCl2N3O4S/c1-3-24(2)38-34(42)32(20-25-9-5-4-6-10-25)39(22-26-11-7-12-27(35)19-26)33(41)23-40(30-14-8-13-29(37)21-30)45(43,44)31-17-15-28(36)16-18-31/h4-19,21,24,32H,3,20,22-23H2,1-2H3,(H,38,42)/t24-,32-/m1/s1. The summed E-state index contributed by atoms with van der Waals surface area (Å²) >= 11 is 15.8. The summed E-state index contributed by atoms with van der Waals surface area (Å²) in [6.45, 7) is 3.35. The van der Waals surface area contributed by atoms with Crippen LogP contribution in [0.3, 0.4) is 0 Å². The molecule has 236 valence electrons. The maximum absolute atomic E-state index is 14.5. The smallest absolute Gasteiger partial charge is 0.264 e. The van der Waals surface area contributed by atoms with Crippen LogP contribution >= 0.6 is 39.1 Å². The summed E-state index contributed by atoms with van der Waals surface area (Å²) in [5.74, 6) is -0.890. The Bertz CT molecular complexity index is 1720. The van der Waals surface area contributed by atoms with Crippen LogP contribution in [0.1, 0.15) is 31.4 Å². The Morgan fingerprint density at radius 3 is 2.16 bits per heavy atom. The minimum absolute atomic E-state index is 0.0476. The van der Waals surface area contributed by atoms with E-state index < -0.39 is 28.5 Å². The number of sulfonamides is 1. The fourth-order valence-electron chi connectivity index (χ4n) is 4.72. The number of hydrogen-bond acceptors (Lipinski definition) is 4. The van der Waals surface area contributed by atoms with Crippen molar-refractivity contribution in [1.29, 1.82) is 0 Å². The van der Waals surface area contributed by atoms with E-state index in [1.165, 1.54) is 35.2 Å². The summed E-state index contributed by atoms with van der Waals surface area (Å²) in [4.78, 5) is 29.8. The Hall–Kier alpha value is -3.37. The van der Waals surface area contributed by atoms with Crippen molar-refractivity contribution >= 4 is 66.7 Å². The average molecular weight is 732 g/mol. The maximum atomic E-state index is 14.5. The van der Waals surface area contributed by atoms with Gasteiger partial charge in [-0.05, 0) is 79.1 Å². The van der Waals surface area contributed by atoms with Gasteiger partial charge in [-0.1, -0.05) is 94.6 Å². The van der Waals surface area contributed by atoms with Crippen molar-refractivity contribution in [3.05, 3.63) is 129 Å². The highest BCUT2D eigenvalue weighted by Gasteiger charge is 2.35. The van der Waals surface area contributed by atoms with Crippen molar-refractivity contribution < 1.29 is 18.0 Å². The lowest BCUT2D eigenvalue weighted by molar-refractivity contribution is -0.140. The van der Waals surface area contributed by atoms with Gasteiger partial charge in [-0.15, -0.1) is 0 Å². The van der Waals surface area contributed by atoms with E-state index in [2.05, 4.69) is 21.2 Å². The Morgan fingerprint density at radius 1 is 0.844 bits per heavy atom. The maximum Gasteiger partial charge on any atom is 0.264 e. The molecule has 0 aliphatic heterocycles. The van der Waals surface area contributed by atoms with Crippen molar-refractivity contribution in [3.63, 3.8) is 0 Å². The summed E-state index contributed by atoms with van der Waals surface area (Å²) in [5.41, 5.74) is 1.83. The Labute approximate surface area is 283 Å². The monoisotopic (exact) mass is 729 g/mol. The molecule has 0 fully saturated rings. The SMILES string of the molecule is CC[C@@H](C)NC(=O)[C@@H](Cc1ccccc1)N(Cc1cccc(Br)c1)C(=O)CN(c1cccc(Cl)c1)S(=O)(=O)c1ccc(Cl)cc1. The predicted molar refractivity (Wildman–Crippen MR) is 184 cm³/mol. The molecule has 0 heterocycles. The van der Waals surface area contributed by atoms with E-state index >= 15 is 0 Å². The van der Waals surface area contributed by atoms with Gasteiger partial charge in [0.2, 0.25) is 11.8 Å². The molecular weight excluding hydrogens is 697 g/mol. The second-order valence-corrected chi connectivity index (χ2v) is 14.3. The van der Waals surface area contributed by atoms with Gasteiger partial charge >= 0.3 is 0 Å². The summed E-state index contributed by atoms with van der Waals surface area (Å²) in [7, 11) is -4.26. The number of benzene rings is 4. The number of halogens is 3. The average Bonchev–Trinajstić information content (AvgIpc) is 3.02. The van der Waals surface area contributed by atoms with Gasteiger partial charge in [0.1, 0.15) is 12.6 Å². The number of rotatable bonds is 13. The molecule has 0 saturated heterocycles. The minimum atomic E-state index is -4.26. The fraction of sp³-hybridized carbons (Fsp3) is 0.235. The number of carbonyl (C=O) groups excluding carboxylic acids is 2. The second kappa shape index (κ2) is 15.8. The third kappa shape index (κ3) is 9.33. The number of amides is 2. The number of nitrogens with one attached hydrogen (secondary N) is 1. The number of nitrogens with zero attached hydrogens (tertiary/aromatic N) is 2. The molecule has 0 aliphatic rings. The van der Waals surface area contributed by atoms with E-state index in [4.69, 9.17) is 23.2 Å². The van der Waals surface area contributed by atoms with Gasteiger partial charge in [0.25, 0.3) is 10.0 Å². The van der Waals surface area contributed by atoms with Crippen LogP contribution in [0.4, 0.5) is 5.69 Å². The predicted octanol–water partition coefficient (Wildman–Crippen LogP) is 7.51. The third-order valence-electron chi connectivity index (χ3n) is 7.29. The first kappa shape index (κ1) is 34.5. The van der Waals surface area contributed by atoms with Crippen LogP contribution in [-0.2, 0) is 32.6 Å². The van der Waals surface area contributed by atoms with Gasteiger partial charge in [0, 0.05) is 33.5 Å². The molecular formula is C34H34BrCl2N3O4S. The van der Waals surface area contributed by atoms with E-state index in [0.717, 1.165) is 19.9 Å². The largest absolute Gasteiger partial charge is 0.352 e. The van der Waals surface area contributed by atoms with Crippen LogP contribution in [0.5, 0.6) is 0 Å².